The summed E-state index contributed by atoms with van der Waals surface area (Å²) >= 11 is 5.72. The maximum Gasteiger partial charge on any atom is 0.165 e. The van der Waals surface area contributed by atoms with Crippen molar-refractivity contribution in [2.75, 3.05) is 13.0 Å². The third-order valence-corrected chi connectivity index (χ3v) is 2.84. The summed E-state index contributed by atoms with van der Waals surface area (Å²) in [4.78, 5) is 0. The first-order chi connectivity index (χ1) is 7.01. The van der Waals surface area contributed by atoms with E-state index in [4.69, 9.17) is 16.3 Å². The second-order valence-electron chi connectivity index (χ2n) is 4.17. The van der Waals surface area contributed by atoms with E-state index in [2.05, 4.69) is 13.8 Å². The molecule has 15 heavy (non-hydrogen) atoms. The van der Waals surface area contributed by atoms with E-state index in [0.717, 1.165) is 12.0 Å². The van der Waals surface area contributed by atoms with E-state index in [9.17, 15) is 4.39 Å². The molecule has 3 heteroatoms. The number of ether oxygens (including phenoxy) is 1. The van der Waals surface area contributed by atoms with Crippen LogP contribution in [0.1, 0.15) is 25.8 Å². The topological polar surface area (TPSA) is 9.23 Å². The molecule has 1 rings (SSSR count). The molecule has 0 aliphatic carbocycles. The fourth-order valence-corrected chi connectivity index (χ4v) is 1.94. The van der Waals surface area contributed by atoms with Crippen molar-refractivity contribution in [2.45, 2.75) is 25.7 Å². The monoisotopic (exact) mass is 230 g/mol. The lowest BCUT2D eigenvalue weighted by Gasteiger charge is -2.24. The summed E-state index contributed by atoms with van der Waals surface area (Å²) in [5, 5.41) is 0. The molecule has 1 nitrogen and oxygen atoms in total. The van der Waals surface area contributed by atoms with E-state index in [-0.39, 0.29) is 17.0 Å². The van der Waals surface area contributed by atoms with Crippen LogP contribution in [0, 0.1) is 5.82 Å². The summed E-state index contributed by atoms with van der Waals surface area (Å²) in [7, 11) is 1.46. The van der Waals surface area contributed by atoms with Gasteiger partial charge in [0.1, 0.15) is 0 Å². The Kier molecular flexibility index (Phi) is 3.97. The van der Waals surface area contributed by atoms with Crippen LogP contribution in [0.2, 0.25) is 0 Å². The zero-order valence-corrected chi connectivity index (χ0v) is 10.1. The Balaban J connectivity index is 3.01. The van der Waals surface area contributed by atoms with Crippen LogP contribution in [0.15, 0.2) is 18.2 Å². The van der Waals surface area contributed by atoms with E-state index >= 15 is 0 Å². The van der Waals surface area contributed by atoms with E-state index < -0.39 is 0 Å². The van der Waals surface area contributed by atoms with Crippen molar-refractivity contribution in [2.24, 2.45) is 0 Å². The van der Waals surface area contributed by atoms with Crippen LogP contribution >= 0.6 is 11.6 Å². The molecule has 0 atom stereocenters. The Hall–Kier alpha value is -0.760. The standard InChI is InChI=1S/C12H16ClFO/c1-12(2,6-7-13)9-4-5-11(15-3)10(14)8-9/h4-5,8H,6-7H2,1-3H3. The van der Waals surface area contributed by atoms with Crippen molar-refractivity contribution in [1.29, 1.82) is 0 Å². The summed E-state index contributed by atoms with van der Waals surface area (Å²) in [6.45, 7) is 4.10. The Bertz CT molecular complexity index is 336. The number of methoxy groups -OCH3 is 1. The van der Waals surface area contributed by atoms with E-state index in [1.165, 1.54) is 13.2 Å². The average molecular weight is 231 g/mol. The minimum atomic E-state index is -0.322. The molecule has 0 fully saturated rings. The third-order valence-electron chi connectivity index (χ3n) is 2.65. The zero-order chi connectivity index (χ0) is 11.5. The quantitative estimate of drug-likeness (QED) is 0.716. The molecule has 0 unspecified atom stereocenters. The van der Waals surface area contributed by atoms with Gasteiger partial charge in [0.2, 0.25) is 0 Å². The zero-order valence-electron chi connectivity index (χ0n) is 9.31. The highest BCUT2D eigenvalue weighted by Gasteiger charge is 2.21. The highest BCUT2D eigenvalue weighted by Crippen LogP contribution is 2.30. The number of alkyl halides is 1. The summed E-state index contributed by atoms with van der Waals surface area (Å²) in [5.41, 5.74) is 0.843. The molecule has 0 spiro atoms. The second kappa shape index (κ2) is 4.84. The largest absolute Gasteiger partial charge is 0.494 e. The Morgan fingerprint density at radius 3 is 2.53 bits per heavy atom. The molecule has 0 N–H and O–H groups in total. The number of hydrogen-bond donors (Lipinski definition) is 0. The van der Waals surface area contributed by atoms with Gasteiger partial charge >= 0.3 is 0 Å². The van der Waals surface area contributed by atoms with Crippen molar-refractivity contribution in [3.8, 4) is 5.75 Å². The van der Waals surface area contributed by atoms with Gasteiger partial charge in [0, 0.05) is 5.88 Å². The summed E-state index contributed by atoms with van der Waals surface area (Å²) in [5.74, 6) is 0.527. The lowest BCUT2D eigenvalue weighted by molar-refractivity contribution is 0.384. The van der Waals surface area contributed by atoms with Gasteiger partial charge in [0.25, 0.3) is 0 Å². The molecule has 0 aliphatic rings. The van der Waals surface area contributed by atoms with Crippen molar-refractivity contribution < 1.29 is 9.13 Å². The molecule has 1 aromatic rings. The van der Waals surface area contributed by atoms with Crippen molar-refractivity contribution in [1.82, 2.24) is 0 Å². The van der Waals surface area contributed by atoms with Crippen molar-refractivity contribution >= 4 is 11.6 Å². The fourth-order valence-electron chi connectivity index (χ4n) is 1.47. The molecular formula is C12H16ClFO. The molecule has 0 aliphatic heterocycles. The molecule has 0 saturated carbocycles. The van der Waals surface area contributed by atoms with Crippen LogP contribution in [0.25, 0.3) is 0 Å². The minimum absolute atomic E-state index is 0.102. The van der Waals surface area contributed by atoms with E-state index in [1.807, 2.05) is 6.07 Å². The number of rotatable bonds is 4. The summed E-state index contributed by atoms with van der Waals surface area (Å²) in [6.07, 6.45) is 0.820. The lowest BCUT2D eigenvalue weighted by atomic mass is 9.82. The lowest BCUT2D eigenvalue weighted by Crippen LogP contribution is -2.17. The first-order valence-corrected chi connectivity index (χ1v) is 5.44. The highest BCUT2D eigenvalue weighted by atomic mass is 35.5. The van der Waals surface area contributed by atoms with Crippen LogP contribution in [0.4, 0.5) is 4.39 Å². The van der Waals surface area contributed by atoms with Gasteiger partial charge in [-0.15, -0.1) is 11.6 Å². The maximum atomic E-state index is 13.5. The molecule has 0 saturated heterocycles. The second-order valence-corrected chi connectivity index (χ2v) is 4.55. The van der Waals surface area contributed by atoms with Gasteiger partial charge in [-0.3, -0.25) is 0 Å². The third kappa shape index (κ3) is 2.85. The smallest absolute Gasteiger partial charge is 0.165 e. The average Bonchev–Trinajstić information content (AvgIpc) is 2.17. The normalized spacial score (nSPS) is 11.5. The van der Waals surface area contributed by atoms with Crippen LogP contribution in [-0.4, -0.2) is 13.0 Å². The summed E-state index contributed by atoms with van der Waals surface area (Å²) < 4.78 is 18.3. The van der Waals surface area contributed by atoms with Gasteiger partial charge in [-0.1, -0.05) is 19.9 Å². The molecule has 0 heterocycles. The first kappa shape index (κ1) is 12.3. The molecule has 1 aromatic carbocycles. The predicted molar refractivity (Wildman–Crippen MR) is 61.3 cm³/mol. The Labute approximate surface area is 95.2 Å². The number of halogens is 2. The van der Waals surface area contributed by atoms with Gasteiger partial charge in [-0.2, -0.15) is 0 Å². The Morgan fingerprint density at radius 2 is 2.07 bits per heavy atom. The Morgan fingerprint density at radius 1 is 1.40 bits per heavy atom. The summed E-state index contributed by atoms with van der Waals surface area (Å²) in [6, 6.07) is 5.06. The van der Waals surface area contributed by atoms with Gasteiger partial charge < -0.3 is 4.74 Å². The van der Waals surface area contributed by atoms with E-state index in [1.54, 1.807) is 6.07 Å². The van der Waals surface area contributed by atoms with Crippen LogP contribution in [-0.2, 0) is 5.41 Å². The van der Waals surface area contributed by atoms with E-state index in [0.29, 0.717) is 5.88 Å². The first-order valence-electron chi connectivity index (χ1n) is 4.91. The molecule has 0 amide bonds. The SMILES string of the molecule is COc1ccc(C(C)(C)CCCl)cc1F. The van der Waals surface area contributed by atoms with Gasteiger partial charge in [-0.05, 0) is 29.5 Å². The van der Waals surface area contributed by atoms with Gasteiger partial charge in [-0.25, -0.2) is 4.39 Å². The number of benzene rings is 1. The molecule has 84 valence electrons. The van der Waals surface area contributed by atoms with Gasteiger partial charge in [0.15, 0.2) is 11.6 Å². The minimum Gasteiger partial charge on any atom is -0.494 e. The molecule has 0 radical (unpaired) electrons. The van der Waals surface area contributed by atoms with Crippen LogP contribution in [0.5, 0.6) is 5.75 Å². The number of hydrogen-bond acceptors (Lipinski definition) is 1. The van der Waals surface area contributed by atoms with Crippen molar-refractivity contribution in [3.05, 3.63) is 29.6 Å². The fraction of sp³-hybridized carbons (Fsp3) is 0.500. The molecule has 0 bridgehead atoms. The highest BCUT2D eigenvalue weighted by molar-refractivity contribution is 6.17. The maximum absolute atomic E-state index is 13.5. The van der Waals surface area contributed by atoms with Crippen molar-refractivity contribution in [3.63, 3.8) is 0 Å². The van der Waals surface area contributed by atoms with Crippen LogP contribution < -0.4 is 4.74 Å². The predicted octanol–water partition coefficient (Wildman–Crippen LogP) is 3.74. The molecule has 0 aromatic heterocycles. The van der Waals surface area contributed by atoms with Gasteiger partial charge in [0.05, 0.1) is 7.11 Å². The van der Waals surface area contributed by atoms with Crippen LogP contribution in [0.3, 0.4) is 0 Å². The molecular weight excluding hydrogens is 215 g/mol.